The fourth-order valence-corrected chi connectivity index (χ4v) is 1.79. The van der Waals surface area contributed by atoms with E-state index in [2.05, 4.69) is 12.0 Å². The summed E-state index contributed by atoms with van der Waals surface area (Å²) in [5.74, 6) is 0. The Bertz CT molecular complexity index is 505. The summed E-state index contributed by atoms with van der Waals surface area (Å²) in [5, 5.41) is 13.1. The second-order valence-electron chi connectivity index (χ2n) is 4.21. The number of nitrogens with zero attached hydrogens (tertiary/aromatic N) is 2. The van der Waals surface area contributed by atoms with E-state index in [0.717, 1.165) is 11.3 Å². The minimum absolute atomic E-state index is 0.156. The van der Waals surface area contributed by atoms with Crippen LogP contribution >= 0.6 is 0 Å². The monoisotopic (exact) mass is 231 g/mol. The van der Waals surface area contributed by atoms with E-state index >= 15 is 0 Å². The van der Waals surface area contributed by atoms with Crippen LogP contribution in [0.5, 0.6) is 0 Å². The first-order valence-electron chi connectivity index (χ1n) is 5.66. The summed E-state index contributed by atoms with van der Waals surface area (Å²) in [6.45, 7) is 2.93. The van der Waals surface area contributed by atoms with Crippen LogP contribution in [0, 0.1) is 6.92 Å². The van der Waals surface area contributed by atoms with Gasteiger partial charge in [0.25, 0.3) is 0 Å². The average Bonchev–Trinajstić information content (AvgIpc) is 2.72. The highest BCUT2D eigenvalue weighted by Crippen LogP contribution is 2.14. The van der Waals surface area contributed by atoms with E-state index in [4.69, 9.17) is 10.8 Å². The van der Waals surface area contributed by atoms with Crippen LogP contribution < -0.4 is 5.73 Å². The molecular weight excluding hydrogens is 214 g/mol. The number of aliphatic hydroxyl groups excluding tert-OH is 1. The number of nitrogen functional groups attached to an aromatic ring is 1. The molecule has 4 heteroatoms. The van der Waals surface area contributed by atoms with Crippen molar-refractivity contribution in [3.63, 3.8) is 0 Å². The van der Waals surface area contributed by atoms with E-state index in [1.54, 1.807) is 6.20 Å². The van der Waals surface area contributed by atoms with Crippen LogP contribution in [0.3, 0.4) is 0 Å². The van der Waals surface area contributed by atoms with Crippen molar-refractivity contribution in [3.05, 3.63) is 47.3 Å². The third-order valence-corrected chi connectivity index (χ3v) is 2.79. The number of aliphatic hydroxyl groups is 1. The minimum Gasteiger partial charge on any atom is -0.399 e. The maximum atomic E-state index is 8.85. The van der Waals surface area contributed by atoms with Crippen molar-refractivity contribution in [3.8, 4) is 0 Å². The highest BCUT2D eigenvalue weighted by atomic mass is 16.2. The average molecular weight is 231 g/mol. The lowest BCUT2D eigenvalue weighted by Gasteiger charge is -2.07. The molecule has 3 N–H and O–H groups in total. The van der Waals surface area contributed by atoms with Crippen molar-refractivity contribution < 1.29 is 5.11 Å². The van der Waals surface area contributed by atoms with Gasteiger partial charge in [-0.15, -0.1) is 0 Å². The van der Waals surface area contributed by atoms with Crippen molar-refractivity contribution in [1.82, 2.24) is 9.78 Å². The van der Waals surface area contributed by atoms with E-state index in [1.807, 2.05) is 29.1 Å². The molecule has 1 heterocycles. The molecule has 1 aromatic carbocycles. The van der Waals surface area contributed by atoms with Gasteiger partial charge in [0.05, 0.1) is 12.7 Å². The second kappa shape index (κ2) is 5.01. The summed E-state index contributed by atoms with van der Waals surface area (Å²) in [7, 11) is 0. The maximum absolute atomic E-state index is 8.85. The maximum Gasteiger partial charge on any atom is 0.0662 e. The van der Waals surface area contributed by atoms with Crippen LogP contribution in [0.2, 0.25) is 0 Å². The second-order valence-corrected chi connectivity index (χ2v) is 4.21. The van der Waals surface area contributed by atoms with Gasteiger partial charge in [-0.05, 0) is 42.2 Å². The molecule has 0 amide bonds. The Hall–Kier alpha value is -1.81. The van der Waals surface area contributed by atoms with Gasteiger partial charge in [0.15, 0.2) is 0 Å². The fourth-order valence-electron chi connectivity index (χ4n) is 1.79. The normalized spacial score (nSPS) is 10.7. The summed E-state index contributed by atoms with van der Waals surface area (Å²) in [4.78, 5) is 0. The standard InChI is InChI=1S/C13H17N3O/c1-10-2-3-13(14)6-12(10)9-16-8-11(4-5-17)7-15-16/h2-3,6-8,17H,4-5,9,14H2,1H3. The zero-order valence-corrected chi connectivity index (χ0v) is 9.93. The molecule has 2 rings (SSSR count). The number of benzene rings is 1. The van der Waals surface area contributed by atoms with E-state index < -0.39 is 0 Å². The van der Waals surface area contributed by atoms with Gasteiger partial charge in [0.2, 0.25) is 0 Å². The zero-order valence-electron chi connectivity index (χ0n) is 9.93. The van der Waals surface area contributed by atoms with Crippen LogP contribution in [-0.2, 0) is 13.0 Å². The SMILES string of the molecule is Cc1ccc(N)cc1Cn1cc(CCO)cn1. The van der Waals surface area contributed by atoms with Gasteiger partial charge in [0.1, 0.15) is 0 Å². The summed E-state index contributed by atoms with van der Waals surface area (Å²) >= 11 is 0. The Morgan fingerprint density at radius 2 is 2.24 bits per heavy atom. The molecule has 1 aromatic heterocycles. The third kappa shape index (κ3) is 2.85. The molecule has 2 aromatic rings. The first-order valence-corrected chi connectivity index (χ1v) is 5.66. The molecule has 90 valence electrons. The molecule has 0 aliphatic carbocycles. The minimum atomic E-state index is 0.156. The highest BCUT2D eigenvalue weighted by molar-refractivity contribution is 5.44. The first-order chi connectivity index (χ1) is 8.19. The van der Waals surface area contributed by atoms with Crippen LogP contribution in [-0.4, -0.2) is 21.5 Å². The number of anilines is 1. The lowest BCUT2D eigenvalue weighted by molar-refractivity contribution is 0.299. The Morgan fingerprint density at radius 3 is 3.00 bits per heavy atom. The molecule has 0 aliphatic rings. The fraction of sp³-hybridized carbons (Fsp3) is 0.308. The molecule has 0 unspecified atom stereocenters. The van der Waals surface area contributed by atoms with E-state index in [0.29, 0.717) is 13.0 Å². The van der Waals surface area contributed by atoms with Crippen molar-refractivity contribution in [2.45, 2.75) is 19.9 Å². The third-order valence-electron chi connectivity index (χ3n) is 2.79. The zero-order chi connectivity index (χ0) is 12.3. The van der Waals surface area contributed by atoms with Crippen LogP contribution in [0.4, 0.5) is 5.69 Å². The number of hydrogen-bond acceptors (Lipinski definition) is 3. The predicted molar refractivity (Wildman–Crippen MR) is 67.7 cm³/mol. The molecule has 0 spiro atoms. The molecule has 17 heavy (non-hydrogen) atoms. The van der Waals surface area contributed by atoms with Crippen molar-refractivity contribution in [1.29, 1.82) is 0 Å². The van der Waals surface area contributed by atoms with Crippen LogP contribution in [0.15, 0.2) is 30.6 Å². The van der Waals surface area contributed by atoms with Crippen molar-refractivity contribution in [2.24, 2.45) is 0 Å². The van der Waals surface area contributed by atoms with Crippen molar-refractivity contribution >= 4 is 5.69 Å². The molecule has 0 bridgehead atoms. The Balaban J connectivity index is 2.16. The topological polar surface area (TPSA) is 64.1 Å². The van der Waals surface area contributed by atoms with Gasteiger partial charge in [-0.25, -0.2) is 0 Å². The first kappa shape index (κ1) is 11.7. The quantitative estimate of drug-likeness (QED) is 0.781. The highest BCUT2D eigenvalue weighted by Gasteiger charge is 2.02. The summed E-state index contributed by atoms with van der Waals surface area (Å²) in [6.07, 6.45) is 4.40. The number of rotatable bonds is 4. The Labute approximate surface area is 101 Å². The molecule has 0 aliphatic heterocycles. The summed E-state index contributed by atoms with van der Waals surface area (Å²) in [6, 6.07) is 5.89. The largest absolute Gasteiger partial charge is 0.399 e. The lowest BCUT2D eigenvalue weighted by atomic mass is 10.1. The van der Waals surface area contributed by atoms with Gasteiger partial charge in [-0.3, -0.25) is 4.68 Å². The van der Waals surface area contributed by atoms with Gasteiger partial charge in [0, 0.05) is 18.5 Å². The Kier molecular flexibility index (Phi) is 3.44. The molecule has 0 atom stereocenters. The summed E-state index contributed by atoms with van der Waals surface area (Å²) < 4.78 is 1.87. The van der Waals surface area contributed by atoms with Gasteiger partial charge in [-0.2, -0.15) is 5.10 Å². The van der Waals surface area contributed by atoms with Gasteiger partial charge in [-0.1, -0.05) is 6.07 Å². The van der Waals surface area contributed by atoms with Crippen molar-refractivity contribution in [2.75, 3.05) is 12.3 Å². The number of aryl methyl sites for hydroxylation is 1. The van der Waals surface area contributed by atoms with Crippen LogP contribution in [0.25, 0.3) is 0 Å². The smallest absolute Gasteiger partial charge is 0.0662 e. The lowest BCUT2D eigenvalue weighted by Crippen LogP contribution is -2.02. The number of aromatic nitrogens is 2. The molecular formula is C13H17N3O. The molecule has 0 radical (unpaired) electrons. The molecule has 4 nitrogen and oxygen atoms in total. The molecule has 0 saturated carbocycles. The van der Waals surface area contributed by atoms with E-state index in [9.17, 15) is 0 Å². The predicted octanol–water partition coefficient (Wildman–Crippen LogP) is 1.36. The molecule has 0 saturated heterocycles. The van der Waals surface area contributed by atoms with Crippen LogP contribution in [0.1, 0.15) is 16.7 Å². The summed E-state index contributed by atoms with van der Waals surface area (Å²) in [5.41, 5.74) is 9.97. The van der Waals surface area contributed by atoms with Gasteiger partial charge >= 0.3 is 0 Å². The van der Waals surface area contributed by atoms with E-state index in [-0.39, 0.29) is 6.61 Å². The molecule has 0 fully saturated rings. The number of nitrogens with two attached hydrogens (primary N) is 1. The Morgan fingerprint density at radius 1 is 1.41 bits per heavy atom. The van der Waals surface area contributed by atoms with Gasteiger partial charge < -0.3 is 10.8 Å². The van der Waals surface area contributed by atoms with E-state index in [1.165, 1.54) is 11.1 Å². The number of hydrogen-bond donors (Lipinski definition) is 2.